The van der Waals surface area contributed by atoms with Crippen molar-refractivity contribution in [3.05, 3.63) is 16.0 Å². The molecule has 0 radical (unpaired) electrons. The van der Waals surface area contributed by atoms with Crippen molar-refractivity contribution in [1.29, 1.82) is 0 Å². The van der Waals surface area contributed by atoms with Crippen LogP contribution >= 0.6 is 0 Å². The van der Waals surface area contributed by atoms with Gasteiger partial charge in [0.15, 0.2) is 5.69 Å². The van der Waals surface area contributed by atoms with Crippen LogP contribution in [0.5, 0.6) is 5.75 Å². The van der Waals surface area contributed by atoms with Gasteiger partial charge in [-0.1, -0.05) is 0 Å². The Kier molecular flexibility index (Phi) is 2.95. The maximum Gasteiger partial charge on any atom is 0.360 e. The van der Waals surface area contributed by atoms with Gasteiger partial charge < -0.3 is 9.47 Å². The lowest BCUT2D eigenvalue weighted by molar-refractivity contribution is 0.0515. The van der Waals surface area contributed by atoms with E-state index in [1.807, 2.05) is 0 Å². The lowest BCUT2D eigenvalue weighted by Gasteiger charge is -2.00. The minimum Gasteiger partial charge on any atom is -0.489 e. The molecular formula is C8H12N2O4. The van der Waals surface area contributed by atoms with Crippen LogP contribution in [0.3, 0.4) is 0 Å². The molecule has 14 heavy (non-hydrogen) atoms. The molecule has 0 spiro atoms. The molecule has 0 aromatic carbocycles. The fraction of sp³-hybridized carbons (Fsp3) is 0.500. The number of ether oxygens (including phenoxy) is 2. The Morgan fingerprint density at radius 1 is 1.57 bits per heavy atom. The molecule has 78 valence electrons. The van der Waals surface area contributed by atoms with Crippen molar-refractivity contribution < 1.29 is 14.3 Å². The molecule has 1 heterocycles. The Morgan fingerprint density at radius 2 is 2.21 bits per heavy atom. The van der Waals surface area contributed by atoms with Gasteiger partial charge in [-0.05, 0) is 6.92 Å². The SMILES string of the molecule is CCOC(=O)c1[nH]n(C)c(=O)c1OC. The van der Waals surface area contributed by atoms with Gasteiger partial charge in [0.25, 0.3) is 0 Å². The largest absolute Gasteiger partial charge is 0.489 e. The molecule has 0 aliphatic carbocycles. The van der Waals surface area contributed by atoms with Gasteiger partial charge in [-0.3, -0.25) is 14.6 Å². The Hall–Kier alpha value is -1.72. The van der Waals surface area contributed by atoms with Gasteiger partial charge in [-0.2, -0.15) is 0 Å². The molecule has 0 bridgehead atoms. The molecule has 0 saturated heterocycles. The molecule has 0 aliphatic heterocycles. The Bertz CT molecular complexity index is 391. The van der Waals surface area contributed by atoms with Crippen LogP contribution in [0.2, 0.25) is 0 Å². The summed E-state index contributed by atoms with van der Waals surface area (Å²) < 4.78 is 10.7. The second-order valence-electron chi connectivity index (χ2n) is 2.60. The van der Waals surface area contributed by atoms with Gasteiger partial charge in [0.2, 0.25) is 5.75 Å². The van der Waals surface area contributed by atoms with Gasteiger partial charge in [-0.25, -0.2) is 4.79 Å². The predicted octanol–water partition coefficient (Wildman–Crippen LogP) is -0.101. The topological polar surface area (TPSA) is 73.3 Å². The predicted molar refractivity (Wildman–Crippen MR) is 48.5 cm³/mol. The number of hydrogen-bond donors (Lipinski definition) is 1. The van der Waals surface area contributed by atoms with Crippen molar-refractivity contribution in [2.24, 2.45) is 7.05 Å². The zero-order chi connectivity index (χ0) is 10.7. The van der Waals surface area contributed by atoms with Crippen molar-refractivity contribution >= 4 is 5.97 Å². The summed E-state index contributed by atoms with van der Waals surface area (Å²) in [5, 5.41) is 2.55. The highest BCUT2D eigenvalue weighted by Crippen LogP contribution is 2.10. The monoisotopic (exact) mass is 200 g/mol. The number of rotatable bonds is 3. The molecule has 1 aromatic heterocycles. The molecule has 1 N–H and O–H groups in total. The van der Waals surface area contributed by atoms with Gasteiger partial charge in [0, 0.05) is 7.05 Å². The quantitative estimate of drug-likeness (QED) is 0.691. The lowest BCUT2D eigenvalue weighted by Crippen LogP contribution is -2.12. The zero-order valence-electron chi connectivity index (χ0n) is 8.29. The van der Waals surface area contributed by atoms with E-state index in [0.29, 0.717) is 0 Å². The summed E-state index contributed by atoms with van der Waals surface area (Å²) in [6, 6.07) is 0. The minimum absolute atomic E-state index is 0.0223. The third kappa shape index (κ3) is 1.63. The number of nitrogens with one attached hydrogen (secondary N) is 1. The molecule has 0 fully saturated rings. The second kappa shape index (κ2) is 3.99. The Morgan fingerprint density at radius 3 is 2.71 bits per heavy atom. The van der Waals surface area contributed by atoms with Crippen LogP contribution in [0, 0.1) is 0 Å². The average molecular weight is 200 g/mol. The maximum absolute atomic E-state index is 11.3. The Balaban J connectivity index is 3.14. The number of aromatic amines is 1. The number of methoxy groups -OCH3 is 1. The van der Waals surface area contributed by atoms with Crippen molar-refractivity contribution in [2.75, 3.05) is 13.7 Å². The van der Waals surface area contributed by atoms with E-state index in [9.17, 15) is 9.59 Å². The highest BCUT2D eigenvalue weighted by atomic mass is 16.5. The zero-order valence-corrected chi connectivity index (χ0v) is 8.29. The second-order valence-corrected chi connectivity index (χ2v) is 2.60. The number of nitrogens with zero attached hydrogens (tertiary/aromatic N) is 1. The molecule has 0 saturated carbocycles. The number of H-pyrrole nitrogens is 1. The molecule has 0 amide bonds. The van der Waals surface area contributed by atoms with Crippen LogP contribution in [0.1, 0.15) is 17.4 Å². The third-order valence-corrected chi connectivity index (χ3v) is 1.69. The first-order chi connectivity index (χ1) is 6.61. The van der Waals surface area contributed by atoms with Crippen molar-refractivity contribution in [1.82, 2.24) is 9.78 Å². The molecular weight excluding hydrogens is 188 g/mol. The number of hydrogen-bond acceptors (Lipinski definition) is 4. The van der Waals surface area contributed by atoms with Gasteiger partial charge >= 0.3 is 11.5 Å². The van der Waals surface area contributed by atoms with Crippen molar-refractivity contribution in [3.63, 3.8) is 0 Å². The first kappa shape index (κ1) is 10.4. The normalized spacial score (nSPS) is 9.93. The highest BCUT2D eigenvalue weighted by molar-refractivity contribution is 5.90. The number of carbonyl (C=O) groups excluding carboxylic acids is 1. The molecule has 6 nitrogen and oxygen atoms in total. The summed E-state index contributed by atoms with van der Waals surface area (Å²) in [5.41, 5.74) is -0.350. The van der Waals surface area contributed by atoms with Crippen LogP contribution in [0.25, 0.3) is 0 Å². The van der Waals surface area contributed by atoms with Crippen LogP contribution in [-0.4, -0.2) is 29.5 Å². The van der Waals surface area contributed by atoms with E-state index in [-0.39, 0.29) is 18.1 Å². The summed E-state index contributed by atoms with van der Waals surface area (Å²) in [6.45, 7) is 1.93. The fourth-order valence-electron chi connectivity index (χ4n) is 1.06. The van der Waals surface area contributed by atoms with E-state index in [0.717, 1.165) is 4.68 Å². The number of aryl methyl sites for hydroxylation is 1. The summed E-state index contributed by atoms with van der Waals surface area (Å²) in [5.74, 6) is -0.618. The fourth-order valence-corrected chi connectivity index (χ4v) is 1.06. The van der Waals surface area contributed by atoms with Gasteiger partial charge in [0.1, 0.15) is 0 Å². The number of esters is 1. The standard InChI is InChI=1S/C8H12N2O4/c1-4-14-8(12)5-6(13-3)7(11)10(2)9-5/h9H,4H2,1-3H3. The first-order valence-corrected chi connectivity index (χ1v) is 4.11. The van der Waals surface area contributed by atoms with E-state index in [4.69, 9.17) is 9.47 Å². The van der Waals surface area contributed by atoms with E-state index in [1.165, 1.54) is 14.2 Å². The molecule has 6 heteroatoms. The number of carbonyl (C=O) groups is 1. The molecule has 1 rings (SSSR count). The van der Waals surface area contributed by atoms with Crippen molar-refractivity contribution in [2.45, 2.75) is 6.92 Å². The van der Waals surface area contributed by atoms with Crippen LogP contribution in [0.4, 0.5) is 0 Å². The van der Waals surface area contributed by atoms with Crippen molar-refractivity contribution in [3.8, 4) is 5.75 Å². The van der Waals surface area contributed by atoms with E-state index >= 15 is 0 Å². The highest BCUT2D eigenvalue weighted by Gasteiger charge is 2.20. The van der Waals surface area contributed by atoms with E-state index in [2.05, 4.69) is 5.10 Å². The van der Waals surface area contributed by atoms with E-state index in [1.54, 1.807) is 6.92 Å². The van der Waals surface area contributed by atoms with Crippen LogP contribution in [0.15, 0.2) is 4.79 Å². The summed E-state index contributed by atoms with van der Waals surface area (Å²) >= 11 is 0. The Labute approximate surface area is 80.4 Å². The summed E-state index contributed by atoms with van der Waals surface area (Å²) in [7, 11) is 2.82. The third-order valence-electron chi connectivity index (χ3n) is 1.69. The number of aromatic nitrogens is 2. The van der Waals surface area contributed by atoms with E-state index < -0.39 is 11.5 Å². The molecule has 1 aromatic rings. The lowest BCUT2D eigenvalue weighted by atomic mass is 10.4. The smallest absolute Gasteiger partial charge is 0.360 e. The van der Waals surface area contributed by atoms with Crippen LogP contribution in [-0.2, 0) is 11.8 Å². The van der Waals surface area contributed by atoms with Crippen LogP contribution < -0.4 is 10.3 Å². The maximum atomic E-state index is 11.3. The molecule has 0 atom stereocenters. The van der Waals surface area contributed by atoms with Gasteiger partial charge in [-0.15, -0.1) is 0 Å². The minimum atomic E-state index is -0.595. The average Bonchev–Trinajstić information content (AvgIpc) is 2.44. The molecule has 0 aliphatic rings. The summed E-state index contributed by atoms with van der Waals surface area (Å²) in [6.07, 6.45) is 0. The first-order valence-electron chi connectivity index (χ1n) is 4.11. The summed E-state index contributed by atoms with van der Waals surface area (Å²) in [4.78, 5) is 22.6. The van der Waals surface area contributed by atoms with Gasteiger partial charge in [0.05, 0.1) is 13.7 Å². The molecule has 0 unspecified atom stereocenters.